The van der Waals surface area contributed by atoms with Gasteiger partial charge in [0.05, 0.1) is 6.10 Å². The number of hydrogen-bond acceptors (Lipinski definition) is 3. The molecule has 0 amide bonds. The van der Waals surface area contributed by atoms with Gasteiger partial charge in [-0.3, -0.25) is 4.79 Å². The number of aldehydes is 2. The lowest BCUT2D eigenvalue weighted by molar-refractivity contribution is -0.114. The number of carbonyl (C=O) groups is 2. The number of rotatable bonds is 8. The van der Waals surface area contributed by atoms with Crippen molar-refractivity contribution in [3.8, 4) is 0 Å². The van der Waals surface area contributed by atoms with Crippen molar-refractivity contribution in [2.24, 2.45) is 23.2 Å². The molecule has 1 N–H and O–H groups in total. The summed E-state index contributed by atoms with van der Waals surface area (Å²) in [5, 5.41) is 10.7. The quantitative estimate of drug-likeness (QED) is 0.546. The lowest BCUT2D eigenvalue weighted by Crippen LogP contribution is -2.43. The van der Waals surface area contributed by atoms with Crippen LogP contribution in [0.5, 0.6) is 0 Å². The fourth-order valence-corrected chi connectivity index (χ4v) is 5.12. The molecule has 1 saturated carbocycles. The zero-order chi connectivity index (χ0) is 17.0. The van der Waals surface area contributed by atoms with Crippen molar-refractivity contribution in [2.45, 2.75) is 65.4 Å². The van der Waals surface area contributed by atoms with Crippen LogP contribution in [-0.2, 0) is 9.59 Å². The average Bonchev–Trinajstić information content (AvgIpc) is 3.02. The van der Waals surface area contributed by atoms with Crippen molar-refractivity contribution in [1.29, 1.82) is 0 Å². The highest BCUT2D eigenvalue weighted by molar-refractivity contribution is 5.77. The Bertz CT molecular complexity index is 501. The van der Waals surface area contributed by atoms with Gasteiger partial charge in [-0.05, 0) is 69.3 Å². The molecule has 4 unspecified atom stereocenters. The third kappa shape index (κ3) is 3.35. The first-order valence-corrected chi connectivity index (χ1v) is 8.89. The summed E-state index contributed by atoms with van der Waals surface area (Å²) in [6, 6.07) is 0. The topological polar surface area (TPSA) is 54.4 Å². The van der Waals surface area contributed by atoms with Gasteiger partial charge in [0, 0.05) is 11.8 Å². The second-order valence-corrected chi connectivity index (χ2v) is 7.63. The molecule has 0 heterocycles. The van der Waals surface area contributed by atoms with Gasteiger partial charge in [-0.25, -0.2) is 0 Å². The zero-order valence-corrected chi connectivity index (χ0v) is 14.6. The summed E-state index contributed by atoms with van der Waals surface area (Å²) in [7, 11) is 0. The summed E-state index contributed by atoms with van der Waals surface area (Å²) < 4.78 is 0. The normalized spacial score (nSPS) is 31.9. The van der Waals surface area contributed by atoms with E-state index in [1.165, 1.54) is 5.57 Å². The van der Waals surface area contributed by atoms with Gasteiger partial charge in [0.1, 0.15) is 12.6 Å². The molecule has 2 aliphatic rings. The number of carbonyl (C=O) groups excluding carboxylic acids is 2. The van der Waals surface area contributed by atoms with Crippen LogP contribution in [0.25, 0.3) is 0 Å². The Morgan fingerprint density at radius 2 is 2.13 bits per heavy atom. The van der Waals surface area contributed by atoms with Crippen LogP contribution in [-0.4, -0.2) is 23.8 Å². The number of fused-ring (bicyclic) bond motifs is 1. The minimum Gasteiger partial charge on any atom is -0.392 e. The fourth-order valence-electron chi connectivity index (χ4n) is 5.12. The number of hydrogen-bond donors (Lipinski definition) is 1. The van der Waals surface area contributed by atoms with Crippen LogP contribution in [0.4, 0.5) is 0 Å². The average molecular weight is 318 g/mol. The maximum Gasteiger partial charge on any atom is 0.146 e. The molecule has 1 fully saturated rings. The van der Waals surface area contributed by atoms with Crippen LogP contribution in [0.1, 0.15) is 59.3 Å². The molecule has 2 rings (SSSR count). The van der Waals surface area contributed by atoms with Crippen LogP contribution in [0, 0.1) is 23.2 Å². The van der Waals surface area contributed by atoms with Crippen molar-refractivity contribution in [1.82, 2.24) is 0 Å². The van der Waals surface area contributed by atoms with Crippen molar-refractivity contribution in [2.75, 3.05) is 0 Å². The first-order valence-electron chi connectivity index (χ1n) is 8.89. The molecule has 0 aromatic heterocycles. The van der Waals surface area contributed by atoms with Gasteiger partial charge in [-0.1, -0.05) is 24.6 Å². The first kappa shape index (κ1) is 18.1. The van der Waals surface area contributed by atoms with E-state index >= 15 is 0 Å². The Labute approximate surface area is 139 Å². The van der Waals surface area contributed by atoms with Gasteiger partial charge in [-0.2, -0.15) is 0 Å². The molecule has 0 radical (unpaired) electrons. The van der Waals surface area contributed by atoms with Crippen molar-refractivity contribution in [3.63, 3.8) is 0 Å². The predicted molar refractivity (Wildman–Crippen MR) is 91.9 cm³/mol. The Hall–Kier alpha value is -1.22. The highest BCUT2D eigenvalue weighted by Gasteiger charge is 2.57. The van der Waals surface area contributed by atoms with Gasteiger partial charge >= 0.3 is 0 Å². The minimum atomic E-state index is -0.727. The van der Waals surface area contributed by atoms with Gasteiger partial charge < -0.3 is 9.90 Å². The van der Waals surface area contributed by atoms with Gasteiger partial charge in [-0.15, -0.1) is 0 Å². The maximum absolute atomic E-state index is 11.6. The van der Waals surface area contributed by atoms with E-state index < -0.39 is 11.5 Å². The molecule has 3 heteroatoms. The summed E-state index contributed by atoms with van der Waals surface area (Å²) in [6.45, 7) is 6.45. The Kier molecular flexibility index (Phi) is 5.96. The lowest BCUT2D eigenvalue weighted by atomic mass is 9.64. The zero-order valence-electron chi connectivity index (χ0n) is 14.6. The van der Waals surface area contributed by atoms with E-state index in [1.54, 1.807) is 0 Å². The summed E-state index contributed by atoms with van der Waals surface area (Å²) in [5.41, 5.74) is 1.59. The van der Waals surface area contributed by atoms with Gasteiger partial charge in [0.2, 0.25) is 0 Å². The SMILES string of the molecule is CC(C)=C[C@@H](C)CCC1CCC2CC=C(C=O)C21C(O)CC=O. The monoisotopic (exact) mass is 318 g/mol. The highest BCUT2D eigenvalue weighted by Crippen LogP contribution is 2.61. The molecule has 3 nitrogen and oxygen atoms in total. The standard InChI is InChI=1S/C20H30O3/c1-14(2)12-15(3)4-5-16-6-7-17-8-9-18(13-22)20(16,17)19(23)10-11-21/h9,11-13,15-17,19,23H,4-8,10H2,1-3H3/t15-,16?,17?,19?,20?/m0/s1. The van der Waals surface area contributed by atoms with Gasteiger partial charge in [0.15, 0.2) is 0 Å². The van der Waals surface area contributed by atoms with E-state index in [9.17, 15) is 14.7 Å². The largest absolute Gasteiger partial charge is 0.392 e. The summed E-state index contributed by atoms with van der Waals surface area (Å²) >= 11 is 0. The van der Waals surface area contributed by atoms with E-state index in [2.05, 4.69) is 26.8 Å². The smallest absolute Gasteiger partial charge is 0.146 e. The Morgan fingerprint density at radius 3 is 2.74 bits per heavy atom. The van der Waals surface area contributed by atoms with Crippen LogP contribution in [0.3, 0.4) is 0 Å². The molecule has 0 bridgehead atoms. The van der Waals surface area contributed by atoms with Crippen LogP contribution in [0.2, 0.25) is 0 Å². The van der Waals surface area contributed by atoms with Crippen LogP contribution < -0.4 is 0 Å². The third-order valence-electron chi connectivity index (χ3n) is 5.92. The summed E-state index contributed by atoms with van der Waals surface area (Å²) in [6.07, 6.45) is 10.4. The molecule has 128 valence electrons. The molecule has 0 aromatic carbocycles. The fraction of sp³-hybridized carbons (Fsp3) is 0.700. The first-order chi connectivity index (χ1) is 11.0. The van der Waals surface area contributed by atoms with E-state index in [-0.39, 0.29) is 6.42 Å². The number of aliphatic hydroxyl groups excluding tert-OH is 1. The van der Waals surface area contributed by atoms with Crippen molar-refractivity contribution >= 4 is 12.6 Å². The molecule has 0 aromatic rings. The molecule has 2 aliphatic carbocycles. The van der Waals surface area contributed by atoms with Crippen molar-refractivity contribution in [3.05, 3.63) is 23.3 Å². The molecule has 23 heavy (non-hydrogen) atoms. The second-order valence-electron chi connectivity index (χ2n) is 7.63. The number of allylic oxidation sites excluding steroid dienone is 3. The molecular weight excluding hydrogens is 288 g/mol. The van der Waals surface area contributed by atoms with E-state index in [0.29, 0.717) is 17.8 Å². The third-order valence-corrected chi connectivity index (χ3v) is 5.92. The molecule has 0 saturated heterocycles. The van der Waals surface area contributed by atoms with Crippen molar-refractivity contribution < 1.29 is 14.7 Å². The van der Waals surface area contributed by atoms with Crippen LogP contribution >= 0.6 is 0 Å². The highest BCUT2D eigenvalue weighted by atomic mass is 16.3. The molecule has 5 atom stereocenters. The van der Waals surface area contributed by atoms with Crippen LogP contribution in [0.15, 0.2) is 23.3 Å². The predicted octanol–water partition coefficient (Wildman–Crippen LogP) is 3.86. The molecular formula is C20H30O3. The Morgan fingerprint density at radius 1 is 1.39 bits per heavy atom. The van der Waals surface area contributed by atoms with E-state index in [1.807, 2.05) is 6.08 Å². The number of aliphatic hydroxyl groups is 1. The summed E-state index contributed by atoms with van der Waals surface area (Å²) in [4.78, 5) is 22.6. The summed E-state index contributed by atoms with van der Waals surface area (Å²) in [5.74, 6) is 1.13. The maximum atomic E-state index is 11.6. The lowest BCUT2D eigenvalue weighted by Gasteiger charge is -2.41. The minimum absolute atomic E-state index is 0.127. The van der Waals surface area contributed by atoms with E-state index in [0.717, 1.165) is 50.2 Å². The molecule has 0 spiro atoms. The Balaban J connectivity index is 2.21. The van der Waals surface area contributed by atoms with Gasteiger partial charge in [0.25, 0.3) is 0 Å². The molecule has 0 aliphatic heterocycles. The van der Waals surface area contributed by atoms with E-state index in [4.69, 9.17) is 0 Å². The second kappa shape index (κ2) is 7.57.